The molecule has 0 saturated carbocycles. The summed E-state index contributed by atoms with van der Waals surface area (Å²) in [6.45, 7) is 4.64. The molecule has 0 bridgehead atoms. The highest BCUT2D eigenvalue weighted by atomic mass is 16.7. The van der Waals surface area contributed by atoms with Gasteiger partial charge < -0.3 is 33.3 Å². The maximum Gasteiger partial charge on any atom is 0.306 e. The Morgan fingerprint density at radius 3 is 1.05 bits per heavy atom. The Morgan fingerprint density at radius 1 is 0.383 bits per heavy atom. The number of carbonyl (C=O) groups is 3. The van der Waals surface area contributed by atoms with Gasteiger partial charge in [-0.05, 0) is 89.9 Å². The third-order valence-electron chi connectivity index (χ3n) is 14.6. The molecule has 0 radical (unpaired) electrons. The fraction of sp³-hybridized carbons (Fsp3) is 0.764. The monoisotopic (exact) mass is 1130 g/mol. The molecule has 0 N–H and O–H groups in total. The zero-order chi connectivity index (χ0) is 59.1. The summed E-state index contributed by atoms with van der Waals surface area (Å²) in [6.07, 6.45) is 80.9. The van der Waals surface area contributed by atoms with Crippen LogP contribution in [0, 0.1) is 0 Å². The summed E-state index contributed by atoms with van der Waals surface area (Å²) in [7, 11) is 5.93. The van der Waals surface area contributed by atoms with E-state index in [0.29, 0.717) is 17.4 Å². The molecule has 2 unspecified atom stereocenters. The van der Waals surface area contributed by atoms with Crippen molar-refractivity contribution in [2.75, 3.05) is 47.5 Å². The minimum absolute atomic E-state index is 0.144. The lowest BCUT2D eigenvalue weighted by Gasteiger charge is -2.26. The molecule has 0 aliphatic carbocycles. The molecule has 0 heterocycles. The standard InChI is InChI=1S/C72H127NO8/c1-6-8-10-12-14-16-18-20-22-24-26-28-29-30-31-32-33-34-35-36-37-38-39-40-41-43-45-47-49-51-53-55-57-59-61-63-70(75)81-68(67-80-72(71(76)77)78-65-64-73(3,4)5)66-79-69(74)62-60-58-56-54-52-50-48-46-44-42-27-25-23-21-19-17-15-13-11-9-7-2/h8,10,14,16,19-22,25-28,44,46,68,72H,6-7,9,11-13,15,17-18,23-24,29-43,45,47-67H2,1-5H3/b10-8-,16-14-,21-19-,22-20-,27-25-,28-26-,46-44-. The van der Waals surface area contributed by atoms with Crippen LogP contribution in [0.25, 0.3) is 0 Å². The maximum atomic E-state index is 12.9. The van der Waals surface area contributed by atoms with Crippen molar-refractivity contribution in [3.63, 3.8) is 0 Å². The highest BCUT2D eigenvalue weighted by molar-refractivity contribution is 5.70. The summed E-state index contributed by atoms with van der Waals surface area (Å²) in [6, 6.07) is 0. The van der Waals surface area contributed by atoms with Gasteiger partial charge in [-0.25, -0.2) is 0 Å². The highest BCUT2D eigenvalue weighted by Crippen LogP contribution is 2.17. The average molecular weight is 1130 g/mol. The van der Waals surface area contributed by atoms with Crippen molar-refractivity contribution in [2.45, 2.75) is 309 Å². The smallest absolute Gasteiger partial charge is 0.306 e. The fourth-order valence-corrected chi connectivity index (χ4v) is 9.48. The van der Waals surface area contributed by atoms with E-state index in [9.17, 15) is 19.5 Å². The Labute approximate surface area is 500 Å². The van der Waals surface area contributed by atoms with Crippen molar-refractivity contribution < 1.29 is 42.9 Å². The largest absolute Gasteiger partial charge is 0.545 e. The molecule has 0 aromatic carbocycles. The zero-order valence-electron chi connectivity index (χ0n) is 53.4. The van der Waals surface area contributed by atoms with Crippen LogP contribution in [0.15, 0.2) is 85.1 Å². The van der Waals surface area contributed by atoms with Gasteiger partial charge in [-0.3, -0.25) is 9.59 Å². The van der Waals surface area contributed by atoms with E-state index < -0.39 is 24.3 Å². The van der Waals surface area contributed by atoms with Gasteiger partial charge in [0.15, 0.2) is 12.4 Å². The van der Waals surface area contributed by atoms with Crippen LogP contribution < -0.4 is 5.11 Å². The number of carboxylic acids is 1. The van der Waals surface area contributed by atoms with Gasteiger partial charge in [0.2, 0.25) is 0 Å². The molecule has 0 spiro atoms. The molecule has 0 rings (SSSR count). The van der Waals surface area contributed by atoms with Crippen LogP contribution in [-0.2, 0) is 33.3 Å². The molecule has 9 heteroatoms. The first-order valence-electron chi connectivity index (χ1n) is 33.7. The Kier molecular flexibility index (Phi) is 59.8. The molecule has 2 atom stereocenters. The summed E-state index contributed by atoms with van der Waals surface area (Å²) in [4.78, 5) is 37.4. The number of unbranched alkanes of at least 4 members (excludes halogenated alkanes) is 33. The molecule has 0 aromatic rings. The number of esters is 2. The van der Waals surface area contributed by atoms with Gasteiger partial charge in [-0.1, -0.05) is 279 Å². The van der Waals surface area contributed by atoms with E-state index in [4.69, 9.17) is 18.9 Å². The zero-order valence-corrected chi connectivity index (χ0v) is 53.4. The number of allylic oxidation sites excluding steroid dienone is 14. The molecule has 0 amide bonds. The molecule has 0 aliphatic heterocycles. The van der Waals surface area contributed by atoms with Crippen molar-refractivity contribution in [1.29, 1.82) is 0 Å². The van der Waals surface area contributed by atoms with Crippen LogP contribution in [-0.4, -0.2) is 82.3 Å². The van der Waals surface area contributed by atoms with Crippen molar-refractivity contribution in [3.8, 4) is 0 Å². The number of carboxylic acid groups (broad SMARTS) is 1. The molecule has 9 nitrogen and oxygen atoms in total. The number of nitrogens with zero attached hydrogens (tertiary/aromatic N) is 1. The van der Waals surface area contributed by atoms with E-state index in [2.05, 4.69) is 98.9 Å². The maximum absolute atomic E-state index is 12.9. The number of rotatable bonds is 62. The summed E-state index contributed by atoms with van der Waals surface area (Å²) in [5, 5.41) is 11.8. The van der Waals surface area contributed by atoms with Gasteiger partial charge >= 0.3 is 11.9 Å². The Hall–Kier alpha value is -3.53. The molecule has 468 valence electrons. The molecule has 0 fully saturated rings. The van der Waals surface area contributed by atoms with Crippen LogP contribution >= 0.6 is 0 Å². The minimum atomic E-state index is -1.63. The summed E-state index contributed by atoms with van der Waals surface area (Å²) >= 11 is 0. The van der Waals surface area contributed by atoms with Crippen LogP contribution in [0.2, 0.25) is 0 Å². The van der Waals surface area contributed by atoms with Crippen LogP contribution in [0.3, 0.4) is 0 Å². The number of likely N-dealkylation sites (N-methyl/N-ethyl adjacent to an activating group) is 1. The molecule has 0 saturated heterocycles. The number of quaternary nitrogens is 1. The normalized spacial score (nSPS) is 13.2. The SMILES string of the molecule is CC/C=C\C/C=C\C/C=C\C/C=C\CCCCCCCCCCCCCCCCCCCCCCCCC(=O)OC(COC(=O)CCCCCCCC/C=C\C/C=C\C/C=C\CCCCCCC)COC(OCC[N+](C)(C)C)C(=O)[O-]. The van der Waals surface area contributed by atoms with E-state index in [1.165, 1.54) is 180 Å². The predicted molar refractivity (Wildman–Crippen MR) is 343 cm³/mol. The van der Waals surface area contributed by atoms with Gasteiger partial charge in [0.1, 0.15) is 13.2 Å². The average Bonchev–Trinajstić information content (AvgIpc) is 3.44. The van der Waals surface area contributed by atoms with Gasteiger partial charge in [0.05, 0.1) is 40.3 Å². The van der Waals surface area contributed by atoms with Gasteiger partial charge in [-0.2, -0.15) is 0 Å². The van der Waals surface area contributed by atoms with Gasteiger partial charge in [0.25, 0.3) is 0 Å². The van der Waals surface area contributed by atoms with Crippen LogP contribution in [0.1, 0.15) is 296 Å². The lowest BCUT2D eigenvalue weighted by molar-refractivity contribution is -0.870. The van der Waals surface area contributed by atoms with Crippen molar-refractivity contribution in [1.82, 2.24) is 0 Å². The van der Waals surface area contributed by atoms with Crippen LogP contribution in [0.4, 0.5) is 0 Å². The van der Waals surface area contributed by atoms with E-state index in [-0.39, 0.29) is 38.6 Å². The first-order valence-corrected chi connectivity index (χ1v) is 33.7. The van der Waals surface area contributed by atoms with Crippen LogP contribution in [0.5, 0.6) is 0 Å². The predicted octanol–water partition coefficient (Wildman–Crippen LogP) is 19.4. The number of hydrogen-bond acceptors (Lipinski definition) is 8. The second-order valence-electron chi connectivity index (χ2n) is 23.7. The Morgan fingerprint density at radius 2 is 0.704 bits per heavy atom. The quantitative estimate of drug-likeness (QED) is 0.0195. The minimum Gasteiger partial charge on any atom is -0.545 e. The third-order valence-corrected chi connectivity index (χ3v) is 14.6. The lowest BCUT2D eigenvalue weighted by atomic mass is 10.0. The van der Waals surface area contributed by atoms with E-state index in [1.807, 2.05) is 21.1 Å². The van der Waals surface area contributed by atoms with E-state index in [1.54, 1.807) is 0 Å². The molecular weight excluding hydrogens is 1010 g/mol. The van der Waals surface area contributed by atoms with E-state index in [0.717, 1.165) is 83.5 Å². The summed E-state index contributed by atoms with van der Waals surface area (Å²) < 4.78 is 22.8. The Bertz CT molecular complexity index is 1600. The second kappa shape index (κ2) is 62.5. The second-order valence-corrected chi connectivity index (χ2v) is 23.7. The number of aliphatic carboxylic acids is 1. The molecular formula is C72H127NO8. The molecule has 0 aromatic heterocycles. The fourth-order valence-electron chi connectivity index (χ4n) is 9.48. The first-order chi connectivity index (χ1) is 39.6. The molecule has 81 heavy (non-hydrogen) atoms. The first kappa shape index (κ1) is 77.5. The molecule has 0 aliphatic rings. The van der Waals surface area contributed by atoms with Crippen molar-refractivity contribution >= 4 is 17.9 Å². The lowest BCUT2D eigenvalue weighted by Crippen LogP contribution is -2.44. The van der Waals surface area contributed by atoms with Gasteiger partial charge in [0, 0.05) is 12.8 Å². The number of carbonyl (C=O) groups excluding carboxylic acids is 3. The van der Waals surface area contributed by atoms with E-state index >= 15 is 0 Å². The van der Waals surface area contributed by atoms with Crippen molar-refractivity contribution in [2.24, 2.45) is 0 Å². The van der Waals surface area contributed by atoms with Gasteiger partial charge in [-0.15, -0.1) is 0 Å². The summed E-state index contributed by atoms with van der Waals surface area (Å²) in [5.74, 6) is -2.29. The third kappa shape index (κ3) is 63.9. The topological polar surface area (TPSA) is 111 Å². The Balaban J connectivity index is 4.09. The summed E-state index contributed by atoms with van der Waals surface area (Å²) in [5.41, 5.74) is 0. The number of ether oxygens (including phenoxy) is 4. The number of hydrogen-bond donors (Lipinski definition) is 0. The highest BCUT2D eigenvalue weighted by Gasteiger charge is 2.22. The van der Waals surface area contributed by atoms with Crippen molar-refractivity contribution in [3.05, 3.63) is 85.1 Å².